The summed E-state index contributed by atoms with van der Waals surface area (Å²) in [5.74, 6) is 0.660. The topological polar surface area (TPSA) is 42.9 Å². The zero-order chi connectivity index (χ0) is 12.3. The fourth-order valence-electron chi connectivity index (χ4n) is 1.12. The molecule has 0 radical (unpaired) electrons. The van der Waals surface area contributed by atoms with Crippen molar-refractivity contribution in [2.45, 2.75) is 11.3 Å². The van der Waals surface area contributed by atoms with Gasteiger partial charge in [-0.2, -0.15) is 4.37 Å². The second kappa shape index (κ2) is 5.25. The first kappa shape index (κ1) is 12.0. The van der Waals surface area contributed by atoms with Crippen LogP contribution in [0.4, 0.5) is 0 Å². The van der Waals surface area contributed by atoms with E-state index in [0.29, 0.717) is 15.7 Å². The number of nitrogens with zero attached hydrogens (tertiary/aromatic N) is 2. The lowest BCUT2D eigenvalue weighted by Crippen LogP contribution is -1.90. The minimum absolute atomic E-state index is 0.0687. The zero-order valence-electron chi connectivity index (χ0n) is 9.21. The summed E-state index contributed by atoms with van der Waals surface area (Å²) in [5, 5.41) is -0.0687. The van der Waals surface area contributed by atoms with Gasteiger partial charge < -0.3 is 0 Å². The van der Waals surface area contributed by atoms with Crippen molar-refractivity contribution in [1.82, 2.24) is 9.36 Å². The van der Waals surface area contributed by atoms with Gasteiger partial charge in [0.2, 0.25) is 5.12 Å². The molecule has 0 fully saturated rings. The van der Waals surface area contributed by atoms with Gasteiger partial charge in [-0.05, 0) is 35.8 Å². The number of carbonyl (C=O) groups is 1. The van der Waals surface area contributed by atoms with E-state index in [9.17, 15) is 4.79 Å². The molecule has 1 aromatic carbocycles. The molecule has 0 aliphatic carbocycles. The normalized spacial score (nSPS) is 10.2. The fourth-order valence-corrected chi connectivity index (χ4v) is 2.51. The number of aromatic nitrogens is 2. The molecule has 0 spiro atoms. The molecule has 1 heterocycles. The van der Waals surface area contributed by atoms with Crippen LogP contribution >= 0.6 is 23.3 Å². The molecule has 2 rings (SSSR count). The monoisotopic (exact) mass is 262 g/mol. The van der Waals surface area contributed by atoms with Crippen LogP contribution in [0.15, 0.2) is 46.8 Å². The first-order chi connectivity index (χ1) is 8.16. The third-order valence-electron chi connectivity index (χ3n) is 1.97. The molecule has 0 saturated heterocycles. The van der Waals surface area contributed by atoms with Gasteiger partial charge in [0, 0.05) is 5.56 Å². The van der Waals surface area contributed by atoms with Gasteiger partial charge in [0.25, 0.3) is 0 Å². The van der Waals surface area contributed by atoms with Gasteiger partial charge in [-0.15, -0.1) is 0 Å². The van der Waals surface area contributed by atoms with Gasteiger partial charge in [-0.1, -0.05) is 36.9 Å². The van der Waals surface area contributed by atoms with Gasteiger partial charge in [-0.25, -0.2) is 4.98 Å². The molecule has 5 heteroatoms. The quantitative estimate of drug-likeness (QED) is 0.628. The molecule has 0 amide bonds. The Hall–Kier alpha value is -1.46. The highest BCUT2D eigenvalue weighted by Crippen LogP contribution is 2.26. The minimum atomic E-state index is -0.0687. The number of carbonyl (C=O) groups excluding carboxylic acids is 1. The van der Waals surface area contributed by atoms with Gasteiger partial charge in [0.1, 0.15) is 0 Å². The Kier molecular flexibility index (Phi) is 3.71. The number of rotatable bonds is 3. The minimum Gasteiger partial charge on any atom is -0.282 e. The van der Waals surface area contributed by atoms with E-state index in [-0.39, 0.29) is 5.12 Å². The van der Waals surface area contributed by atoms with Crippen LogP contribution in [0.25, 0.3) is 11.4 Å². The van der Waals surface area contributed by atoms with Crippen molar-refractivity contribution in [1.29, 1.82) is 0 Å². The summed E-state index contributed by atoms with van der Waals surface area (Å²) >= 11 is 2.30. The number of hydrogen-bond acceptors (Lipinski definition) is 5. The summed E-state index contributed by atoms with van der Waals surface area (Å²) in [4.78, 5) is 15.8. The van der Waals surface area contributed by atoms with Crippen molar-refractivity contribution in [3.05, 3.63) is 42.5 Å². The van der Waals surface area contributed by atoms with Crippen LogP contribution in [0.3, 0.4) is 0 Å². The largest absolute Gasteiger partial charge is 0.282 e. The number of hydrogen-bond donors (Lipinski definition) is 0. The van der Waals surface area contributed by atoms with Crippen LogP contribution < -0.4 is 0 Å². The average Bonchev–Trinajstić information content (AvgIpc) is 2.78. The van der Waals surface area contributed by atoms with Crippen LogP contribution in [0.1, 0.15) is 6.92 Å². The second-order valence-corrected chi connectivity index (χ2v) is 5.39. The Bertz CT molecular complexity index is 549. The van der Waals surface area contributed by atoms with Crippen molar-refractivity contribution in [3.8, 4) is 11.4 Å². The van der Waals surface area contributed by atoms with Gasteiger partial charge in [-0.3, -0.25) is 4.79 Å². The van der Waals surface area contributed by atoms with E-state index < -0.39 is 0 Å². The van der Waals surface area contributed by atoms with E-state index in [2.05, 4.69) is 15.9 Å². The number of thioether (sulfide) groups is 1. The van der Waals surface area contributed by atoms with Crippen LogP contribution in [0, 0.1) is 0 Å². The summed E-state index contributed by atoms with van der Waals surface area (Å²) in [6.45, 7) is 5.29. The first-order valence-corrected chi connectivity index (χ1v) is 6.52. The van der Waals surface area contributed by atoms with Crippen molar-refractivity contribution in [3.63, 3.8) is 0 Å². The molecule has 0 N–H and O–H groups in total. The van der Waals surface area contributed by atoms with Crippen molar-refractivity contribution < 1.29 is 4.79 Å². The summed E-state index contributed by atoms with van der Waals surface area (Å²) in [6.07, 6.45) is 0. The molecule has 2 aromatic rings. The second-order valence-electron chi connectivity index (χ2n) is 3.42. The standard InChI is InChI=1S/C12H10N2OS2/c1-8(2)11(15)16-12-13-10(14-17-12)9-6-4-3-5-7-9/h3-7H,1H2,2H3. The summed E-state index contributed by atoms with van der Waals surface area (Å²) in [5.41, 5.74) is 1.48. The smallest absolute Gasteiger partial charge is 0.221 e. The lowest BCUT2D eigenvalue weighted by atomic mass is 10.2. The third kappa shape index (κ3) is 3.01. The Labute approximate surface area is 108 Å². The van der Waals surface area contributed by atoms with Crippen LogP contribution in [-0.2, 0) is 4.79 Å². The lowest BCUT2D eigenvalue weighted by molar-refractivity contribution is -0.107. The molecular weight excluding hydrogens is 252 g/mol. The molecule has 3 nitrogen and oxygen atoms in total. The first-order valence-electron chi connectivity index (χ1n) is 4.93. The van der Waals surface area contributed by atoms with E-state index in [0.717, 1.165) is 17.3 Å². The van der Waals surface area contributed by atoms with E-state index in [1.807, 2.05) is 30.3 Å². The average molecular weight is 262 g/mol. The van der Waals surface area contributed by atoms with E-state index in [4.69, 9.17) is 0 Å². The highest BCUT2D eigenvalue weighted by Gasteiger charge is 2.11. The Morgan fingerprint density at radius 3 is 2.71 bits per heavy atom. The maximum atomic E-state index is 11.5. The molecule has 0 atom stereocenters. The predicted molar refractivity (Wildman–Crippen MR) is 71.0 cm³/mol. The maximum Gasteiger partial charge on any atom is 0.221 e. The SMILES string of the molecule is C=C(C)C(=O)Sc1nc(-c2ccccc2)ns1. The van der Waals surface area contributed by atoms with Crippen LogP contribution in [-0.4, -0.2) is 14.5 Å². The van der Waals surface area contributed by atoms with Gasteiger partial charge in [0.15, 0.2) is 10.2 Å². The molecule has 0 saturated carbocycles. The summed E-state index contributed by atoms with van der Waals surface area (Å²) in [6, 6.07) is 9.69. The van der Waals surface area contributed by atoms with Crippen LogP contribution in [0.2, 0.25) is 0 Å². The molecule has 0 bridgehead atoms. The van der Waals surface area contributed by atoms with Gasteiger partial charge >= 0.3 is 0 Å². The Morgan fingerprint density at radius 2 is 2.06 bits per heavy atom. The van der Waals surface area contributed by atoms with Gasteiger partial charge in [0.05, 0.1) is 0 Å². The van der Waals surface area contributed by atoms with E-state index in [1.165, 1.54) is 11.5 Å². The molecule has 17 heavy (non-hydrogen) atoms. The lowest BCUT2D eigenvalue weighted by Gasteiger charge is -1.94. The maximum absolute atomic E-state index is 11.5. The summed E-state index contributed by atoms with van der Waals surface area (Å²) in [7, 11) is 0. The summed E-state index contributed by atoms with van der Waals surface area (Å²) < 4.78 is 4.88. The van der Waals surface area contributed by atoms with Crippen molar-refractivity contribution in [2.75, 3.05) is 0 Å². The van der Waals surface area contributed by atoms with Crippen LogP contribution in [0.5, 0.6) is 0 Å². The Morgan fingerprint density at radius 1 is 1.35 bits per heavy atom. The van der Waals surface area contributed by atoms with Crippen molar-refractivity contribution in [2.24, 2.45) is 0 Å². The molecular formula is C12H10N2OS2. The molecule has 86 valence electrons. The Balaban J connectivity index is 2.17. The fraction of sp³-hybridized carbons (Fsp3) is 0.0833. The molecule has 0 aliphatic heterocycles. The zero-order valence-corrected chi connectivity index (χ0v) is 10.8. The number of benzene rings is 1. The van der Waals surface area contributed by atoms with E-state index >= 15 is 0 Å². The molecule has 0 aliphatic rings. The molecule has 1 aromatic heterocycles. The predicted octanol–water partition coefficient (Wildman–Crippen LogP) is 3.40. The van der Waals surface area contributed by atoms with Crippen molar-refractivity contribution >= 4 is 28.4 Å². The molecule has 0 unspecified atom stereocenters. The highest BCUT2D eigenvalue weighted by molar-refractivity contribution is 8.15. The highest BCUT2D eigenvalue weighted by atomic mass is 32.2. The third-order valence-corrected chi connectivity index (χ3v) is 3.75. The van der Waals surface area contributed by atoms with E-state index in [1.54, 1.807) is 6.92 Å².